The molecule has 0 bridgehead atoms. The van der Waals surface area contributed by atoms with Crippen LogP contribution in [0.1, 0.15) is 0 Å². The van der Waals surface area contributed by atoms with Crippen LogP contribution in [-0.4, -0.2) is 4.98 Å². The van der Waals surface area contributed by atoms with Crippen molar-refractivity contribution < 1.29 is 0 Å². The van der Waals surface area contributed by atoms with E-state index in [1.54, 1.807) is 0 Å². The van der Waals surface area contributed by atoms with E-state index in [1.165, 1.54) is 11.1 Å². The van der Waals surface area contributed by atoms with Crippen LogP contribution < -0.4 is 0 Å². The molecule has 0 atom stereocenters. The molecule has 1 aromatic carbocycles. The third-order valence-corrected chi connectivity index (χ3v) is 2.30. The van der Waals surface area contributed by atoms with Crippen molar-refractivity contribution in [1.29, 1.82) is 0 Å². The fourth-order valence-electron chi connectivity index (χ4n) is 1.15. The smallest absolute Gasteiger partial charge is 0.0175 e. The van der Waals surface area contributed by atoms with E-state index in [2.05, 4.69) is 39.1 Å². The molecule has 0 saturated carbocycles. The monoisotopic (exact) mass is 221 g/mol. The summed E-state index contributed by atoms with van der Waals surface area (Å²) < 4.78 is 1.11. The quantitative estimate of drug-likeness (QED) is 0.760. The van der Waals surface area contributed by atoms with Gasteiger partial charge >= 0.3 is 0 Å². The SMILES string of the molecule is Brc1ccc(-c2cc[nH]c2)cc1. The topological polar surface area (TPSA) is 15.8 Å². The lowest BCUT2D eigenvalue weighted by Crippen LogP contribution is -1.71. The Morgan fingerprint density at radius 3 is 2.25 bits per heavy atom. The molecule has 0 fully saturated rings. The van der Waals surface area contributed by atoms with E-state index >= 15 is 0 Å². The molecule has 0 unspecified atom stereocenters. The van der Waals surface area contributed by atoms with Crippen molar-refractivity contribution in [2.45, 2.75) is 0 Å². The molecule has 12 heavy (non-hydrogen) atoms. The zero-order valence-corrected chi connectivity index (χ0v) is 8.01. The van der Waals surface area contributed by atoms with Gasteiger partial charge in [0.05, 0.1) is 0 Å². The lowest BCUT2D eigenvalue weighted by molar-refractivity contribution is 1.41. The molecule has 1 heterocycles. The van der Waals surface area contributed by atoms with E-state index in [9.17, 15) is 0 Å². The minimum absolute atomic E-state index is 1.11. The molecule has 0 aliphatic rings. The lowest BCUT2D eigenvalue weighted by atomic mass is 10.1. The summed E-state index contributed by atoms with van der Waals surface area (Å²) >= 11 is 3.40. The number of aromatic nitrogens is 1. The van der Waals surface area contributed by atoms with Crippen molar-refractivity contribution in [3.63, 3.8) is 0 Å². The highest BCUT2D eigenvalue weighted by molar-refractivity contribution is 9.10. The average Bonchev–Trinajstić information content (AvgIpc) is 2.58. The van der Waals surface area contributed by atoms with E-state index < -0.39 is 0 Å². The third-order valence-electron chi connectivity index (χ3n) is 1.78. The van der Waals surface area contributed by atoms with Crippen molar-refractivity contribution in [1.82, 2.24) is 4.98 Å². The predicted molar refractivity (Wildman–Crippen MR) is 53.9 cm³/mol. The first kappa shape index (κ1) is 7.62. The second-order valence-corrected chi connectivity index (χ2v) is 3.52. The molecule has 0 radical (unpaired) electrons. The van der Waals surface area contributed by atoms with Crippen LogP contribution in [0.15, 0.2) is 47.2 Å². The van der Waals surface area contributed by atoms with Gasteiger partial charge in [-0.25, -0.2) is 0 Å². The maximum absolute atomic E-state index is 3.40. The summed E-state index contributed by atoms with van der Waals surface area (Å²) in [7, 11) is 0. The van der Waals surface area contributed by atoms with Gasteiger partial charge in [-0.2, -0.15) is 0 Å². The zero-order chi connectivity index (χ0) is 8.39. The predicted octanol–water partition coefficient (Wildman–Crippen LogP) is 3.44. The summed E-state index contributed by atoms with van der Waals surface area (Å²) in [6.45, 7) is 0. The minimum atomic E-state index is 1.11. The minimum Gasteiger partial charge on any atom is -0.367 e. The van der Waals surface area contributed by atoms with Crippen molar-refractivity contribution in [2.75, 3.05) is 0 Å². The molecule has 0 aliphatic carbocycles. The largest absolute Gasteiger partial charge is 0.367 e. The molecule has 0 amide bonds. The molecule has 2 heteroatoms. The van der Waals surface area contributed by atoms with Crippen LogP contribution in [0.3, 0.4) is 0 Å². The van der Waals surface area contributed by atoms with Gasteiger partial charge in [-0.15, -0.1) is 0 Å². The van der Waals surface area contributed by atoms with Gasteiger partial charge in [0.15, 0.2) is 0 Å². The Kier molecular flexibility index (Phi) is 2.00. The second-order valence-electron chi connectivity index (χ2n) is 2.61. The number of aromatic amines is 1. The van der Waals surface area contributed by atoms with Crippen LogP contribution in [0.4, 0.5) is 0 Å². The van der Waals surface area contributed by atoms with E-state index in [0.29, 0.717) is 0 Å². The Hall–Kier alpha value is -1.02. The Morgan fingerprint density at radius 2 is 1.67 bits per heavy atom. The molecule has 2 rings (SSSR count). The molecule has 1 nitrogen and oxygen atoms in total. The number of hydrogen-bond donors (Lipinski definition) is 1. The number of rotatable bonds is 1. The highest BCUT2D eigenvalue weighted by atomic mass is 79.9. The van der Waals surface area contributed by atoms with Crippen LogP contribution in [0.5, 0.6) is 0 Å². The van der Waals surface area contributed by atoms with Gasteiger partial charge in [0.1, 0.15) is 0 Å². The number of benzene rings is 1. The Labute approximate surface area is 79.6 Å². The molecular formula is C10H8BrN. The normalized spacial score (nSPS) is 10.1. The summed E-state index contributed by atoms with van der Waals surface area (Å²) in [5.74, 6) is 0. The lowest BCUT2D eigenvalue weighted by Gasteiger charge is -1.96. The van der Waals surface area contributed by atoms with Gasteiger partial charge in [0.25, 0.3) is 0 Å². The number of hydrogen-bond acceptors (Lipinski definition) is 0. The van der Waals surface area contributed by atoms with Gasteiger partial charge < -0.3 is 4.98 Å². The average molecular weight is 222 g/mol. The molecule has 0 saturated heterocycles. The maximum Gasteiger partial charge on any atom is 0.0175 e. The van der Waals surface area contributed by atoms with E-state index in [0.717, 1.165) is 4.47 Å². The molecule has 0 aliphatic heterocycles. The Morgan fingerprint density at radius 1 is 0.917 bits per heavy atom. The van der Waals surface area contributed by atoms with Crippen molar-refractivity contribution >= 4 is 15.9 Å². The molecule has 1 aromatic heterocycles. The summed E-state index contributed by atoms with van der Waals surface area (Å²) in [5, 5.41) is 0. The van der Waals surface area contributed by atoms with Crippen LogP contribution in [0.25, 0.3) is 11.1 Å². The maximum atomic E-state index is 3.40. The summed E-state index contributed by atoms with van der Waals surface area (Å²) in [5.41, 5.74) is 2.46. The highest BCUT2D eigenvalue weighted by Gasteiger charge is 1.95. The van der Waals surface area contributed by atoms with Crippen molar-refractivity contribution in [2.24, 2.45) is 0 Å². The summed E-state index contributed by atoms with van der Waals surface area (Å²) in [6, 6.07) is 10.3. The number of nitrogens with one attached hydrogen (secondary N) is 1. The first-order valence-electron chi connectivity index (χ1n) is 3.75. The van der Waals surface area contributed by atoms with Gasteiger partial charge in [0.2, 0.25) is 0 Å². The van der Waals surface area contributed by atoms with Crippen LogP contribution >= 0.6 is 15.9 Å². The Balaban J connectivity index is 2.43. The van der Waals surface area contributed by atoms with Crippen LogP contribution in [-0.2, 0) is 0 Å². The van der Waals surface area contributed by atoms with Gasteiger partial charge in [-0.1, -0.05) is 28.1 Å². The van der Waals surface area contributed by atoms with Gasteiger partial charge in [0, 0.05) is 16.9 Å². The summed E-state index contributed by atoms with van der Waals surface area (Å²) in [6.07, 6.45) is 3.92. The van der Waals surface area contributed by atoms with E-state index in [4.69, 9.17) is 0 Å². The first-order valence-corrected chi connectivity index (χ1v) is 4.54. The molecular weight excluding hydrogens is 214 g/mol. The number of H-pyrrole nitrogens is 1. The third kappa shape index (κ3) is 1.43. The first-order chi connectivity index (χ1) is 5.86. The summed E-state index contributed by atoms with van der Waals surface area (Å²) in [4.78, 5) is 3.03. The molecule has 2 aromatic rings. The van der Waals surface area contributed by atoms with Crippen LogP contribution in [0, 0.1) is 0 Å². The standard InChI is InChI=1S/C10H8BrN/c11-10-3-1-8(2-4-10)9-5-6-12-7-9/h1-7,12H. The molecule has 1 N–H and O–H groups in total. The van der Waals surface area contributed by atoms with Crippen molar-refractivity contribution in [3.8, 4) is 11.1 Å². The van der Waals surface area contributed by atoms with E-state index in [-0.39, 0.29) is 0 Å². The molecule has 60 valence electrons. The Bertz CT molecular complexity index is 348. The van der Waals surface area contributed by atoms with Gasteiger partial charge in [-0.3, -0.25) is 0 Å². The second kappa shape index (κ2) is 3.15. The molecule has 0 spiro atoms. The zero-order valence-electron chi connectivity index (χ0n) is 6.42. The fraction of sp³-hybridized carbons (Fsp3) is 0. The highest BCUT2D eigenvalue weighted by Crippen LogP contribution is 2.20. The fourth-order valence-corrected chi connectivity index (χ4v) is 1.41. The number of halogens is 1. The van der Waals surface area contributed by atoms with Crippen molar-refractivity contribution in [3.05, 3.63) is 47.2 Å². The van der Waals surface area contributed by atoms with E-state index in [1.807, 2.05) is 24.5 Å². The van der Waals surface area contributed by atoms with Crippen LogP contribution in [0.2, 0.25) is 0 Å². The van der Waals surface area contributed by atoms with Gasteiger partial charge in [-0.05, 0) is 29.3 Å².